The number of rotatable bonds is 1. The first-order valence-electron chi connectivity index (χ1n) is 3.52. The lowest BCUT2D eigenvalue weighted by Crippen LogP contribution is -2.62. The van der Waals surface area contributed by atoms with Crippen molar-refractivity contribution in [2.24, 2.45) is 0 Å². The van der Waals surface area contributed by atoms with Gasteiger partial charge in [0.1, 0.15) is 18.3 Å². The lowest BCUT2D eigenvalue weighted by molar-refractivity contribution is -0.331. The third-order valence-corrected chi connectivity index (χ3v) is 1.91. The lowest BCUT2D eigenvalue weighted by atomic mass is 9.98. The summed E-state index contributed by atoms with van der Waals surface area (Å²) in [5.74, 6) is -2.17. The van der Waals surface area contributed by atoms with Crippen molar-refractivity contribution in [3.8, 4) is 0 Å². The Morgan fingerprint density at radius 2 is 1.85 bits per heavy atom. The second-order valence-corrected chi connectivity index (χ2v) is 2.82. The molecular formula is C6H13BrO6. The average molecular weight is 261 g/mol. The molecule has 7 heteroatoms. The standard InChI is InChI=1S/C6H12O6.BrH/c7-2-6(11)5(10)4(9)3(8)1-12-6;/h3-5,7-11H,1-2H2;1H/t3-,4-,5+,6+;/m1./s1. The number of aliphatic hydroxyl groups excluding tert-OH is 4. The summed E-state index contributed by atoms with van der Waals surface area (Å²) in [5, 5.41) is 45.0. The second-order valence-electron chi connectivity index (χ2n) is 2.82. The molecule has 0 spiro atoms. The van der Waals surface area contributed by atoms with Crippen LogP contribution in [0.1, 0.15) is 0 Å². The molecule has 1 aliphatic rings. The van der Waals surface area contributed by atoms with Gasteiger partial charge in [0.25, 0.3) is 0 Å². The maximum atomic E-state index is 9.24. The predicted octanol–water partition coefficient (Wildman–Crippen LogP) is -2.64. The summed E-state index contributed by atoms with van der Waals surface area (Å²) < 4.78 is 4.56. The van der Waals surface area contributed by atoms with Crippen molar-refractivity contribution in [1.29, 1.82) is 0 Å². The van der Waals surface area contributed by atoms with Crippen molar-refractivity contribution in [3.63, 3.8) is 0 Å². The average Bonchev–Trinajstić information content (AvgIpc) is 2.09. The molecule has 5 N–H and O–H groups in total. The molecule has 0 amide bonds. The fourth-order valence-corrected chi connectivity index (χ4v) is 1.03. The van der Waals surface area contributed by atoms with Crippen LogP contribution in [0.4, 0.5) is 0 Å². The third-order valence-electron chi connectivity index (χ3n) is 1.91. The largest absolute Gasteiger partial charge is 0.391 e. The third kappa shape index (κ3) is 2.38. The zero-order valence-electron chi connectivity index (χ0n) is 6.70. The molecule has 0 aromatic rings. The van der Waals surface area contributed by atoms with Crippen molar-refractivity contribution in [3.05, 3.63) is 0 Å². The van der Waals surface area contributed by atoms with Crippen molar-refractivity contribution < 1.29 is 30.3 Å². The summed E-state index contributed by atoms with van der Waals surface area (Å²) in [6.07, 6.45) is -4.45. The highest BCUT2D eigenvalue weighted by Crippen LogP contribution is 2.22. The summed E-state index contributed by atoms with van der Waals surface area (Å²) in [4.78, 5) is 0. The quantitative estimate of drug-likeness (QED) is 0.353. The normalized spacial score (nSPS) is 45.5. The molecule has 0 aliphatic carbocycles. The molecule has 1 rings (SSSR count). The molecule has 0 aromatic carbocycles. The van der Waals surface area contributed by atoms with Gasteiger partial charge in [0.2, 0.25) is 5.79 Å². The summed E-state index contributed by atoms with van der Waals surface area (Å²) in [6, 6.07) is 0. The molecule has 1 heterocycles. The Bertz CT molecular complexity index is 167. The van der Waals surface area contributed by atoms with E-state index in [9.17, 15) is 5.11 Å². The topological polar surface area (TPSA) is 110 Å². The molecule has 13 heavy (non-hydrogen) atoms. The van der Waals surface area contributed by atoms with Gasteiger partial charge in [0, 0.05) is 0 Å². The Morgan fingerprint density at radius 1 is 1.31 bits per heavy atom. The first-order chi connectivity index (χ1) is 5.51. The number of aliphatic hydroxyl groups is 5. The van der Waals surface area contributed by atoms with E-state index in [0.717, 1.165) is 0 Å². The number of ether oxygens (including phenoxy) is 1. The van der Waals surface area contributed by atoms with E-state index in [0.29, 0.717) is 0 Å². The van der Waals surface area contributed by atoms with Crippen LogP contribution in [0, 0.1) is 0 Å². The van der Waals surface area contributed by atoms with Gasteiger partial charge in [0.05, 0.1) is 13.2 Å². The highest BCUT2D eigenvalue weighted by molar-refractivity contribution is 8.93. The fraction of sp³-hybridized carbons (Fsp3) is 1.00. The molecule has 0 unspecified atom stereocenters. The summed E-state index contributed by atoms with van der Waals surface area (Å²) in [7, 11) is 0. The van der Waals surface area contributed by atoms with E-state index in [2.05, 4.69) is 4.74 Å². The Hall–Kier alpha value is 0.240. The minimum Gasteiger partial charge on any atom is -0.391 e. The maximum absolute atomic E-state index is 9.24. The Morgan fingerprint density at radius 3 is 2.31 bits per heavy atom. The SMILES string of the molecule is Br.OC[C@]1(O)OC[C@@H](O)[C@@H](O)[C@@H]1O. The zero-order valence-corrected chi connectivity index (χ0v) is 8.41. The smallest absolute Gasteiger partial charge is 0.218 e. The summed E-state index contributed by atoms with van der Waals surface area (Å²) >= 11 is 0. The van der Waals surface area contributed by atoms with E-state index in [4.69, 9.17) is 20.4 Å². The summed E-state index contributed by atoms with van der Waals surface area (Å²) in [6.45, 7) is -1.16. The minimum atomic E-state index is -2.17. The van der Waals surface area contributed by atoms with Gasteiger partial charge in [0.15, 0.2) is 0 Å². The zero-order chi connectivity index (χ0) is 9.35. The Labute approximate surface area is 85.2 Å². The predicted molar refractivity (Wildman–Crippen MR) is 46.3 cm³/mol. The van der Waals surface area contributed by atoms with Gasteiger partial charge in [-0.2, -0.15) is 0 Å². The van der Waals surface area contributed by atoms with Gasteiger partial charge in [-0.15, -0.1) is 17.0 Å². The Kier molecular flexibility index (Phi) is 4.73. The highest BCUT2D eigenvalue weighted by atomic mass is 79.9. The molecule has 6 nitrogen and oxygen atoms in total. The van der Waals surface area contributed by atoms with Crippen LogP contribution in [-0.2, 0) is 4.74 Å². The van der Waals surface area contributed by atoms with Gasteiger partial charge in [-0.3, -0.25) is 0 Å². The van der Waals surface area contributed by atoms with Gasteiger partial charge >= 0.3 is 0 Å². The van der Waals surface area contributed by atoms with Crippen LogP contribution in [0.15, 0.2) is 0 Å². The van der Waals surface area contributed by atoms with E-state index in [1.54, 1.807) is 0 Å². The van der Waals surface area contributed by atoms with Crippen LogP contribution in [0.25, 0.3) is 0 Å². The molecule has 0 radical (unpaired) electrons. The molecule has 0 aromatic heterocycles. The van der Waals surface area contributed by atoms with Crippen LogP contribution < -0.4 is 0 Å². The van der Waals surface area contributed by atoms with Crippen LogP contribution in [0.3, 0.4) is 0 Å². The first kappa shape index (κ1) is 13.2. The van der Waals surface area contributed by atoms with E-state index in [1.807, 2.05) is 0 Å². The van der Waals surface area contributed by atoms with Gasteiger partial charge in [-0.25, -0.2) is 0 Å². The first-order valence-corrected chi connectivity index (χ1v) is 3.52. The summed E-state index contributed by atoms with van der Waals surface area (Å²) in [5.41, 5.74) is 0. The fourth-order valence-electron chi connectivity index (χ4n) is 1.03. The van der Waals surface area contributed by atoms with Gasteiger partial charge in [-0.05, 0) is 0 Å². The monoisotopic (exact) mass is 260 g/mol. The van der Waals surface area contributed by atoms with E-state index in [1.165, 1.54) is 0 Å². The van der Waals surface area contributed by atoms with Gasteiger partial charge < -0.3 is 30.3 Å². The molecule has 0 bridgehead atoms. The molecule has 1 aliphatic heterocycles. The maximum Gasteiger partial charge on any atom is 0.218 e. The lowest BCUT2D eigenvalue weighted by Gasteiger charge is -2.40. The number of halogens is 1. The van der Waals surface area contributed by atoms with Crippen LogP contribution in [-0.4, -0.2) is 62.8 Å². The number of hydrogen-bond acceptors (Lipinski definition) is 6. The molecule has 0 saturated carbocycles. The van der Waals surface area contributed by atoms with Crippen LogP contribution in [0.2, 0.25) is 0 Å². The molecule has 4 atom stereocenters. The van der Waals surface area contributed by atoms with E-state index in [-0.39, 0.29) is 23.6 Å². The molecule has 1 fully saturated rings. The van der Waals surface area contributed by atoms with Crippen molar-refractivity contribution in [2.75, 3.05) is 13.2 Å². The van der Waals surface area contributed by atoms with Crippen LogP contribution >= 0.6 is 17.0 Å². The number of hydrogen-bond donors (Lipinski definition) is 5. The molecular weight excluding hydrogens is 248 g/mol. The molecule has 80 valence electrons. The second kappa shape index (κ2) is 4.65. The minimum absolute atomic E-state index is 0. The van der Waals surface area contributed by atoms with Crippen molar-refractivity contribution >= 4 is 17.0 Å². The van der Waals surface area contributed by atoms with E-state index >= 15 is 0 Å². The van der Waals surface area contributed by atoms with Crippen LogP contribution in [0.5, 0.6) is 0 Å². The van der Waals surface area contributed by atoms with Crippen molar-refractivity contribution in [1.82, 2.24) is 0 Å². The van der Waals surface area contributed by atoms with E-state index < -0.39 is 30.7 Å². The Balaban J connectivity index is 0.00000144. The highest BCUT2D eigenvalue weighted by Gasteiger charge is 2.47. The molecule has 1 saturated heterocycles. The van der Waals surface area contributed by atoms with Gasteiger partial charge in [-0.1, -0.05) is 0 Å². The van der Waals surface area contributed by atoms with Crippen molar-refractivity contribution in [2.45, 2.75) is 24.1 Å².